The predicted molar refractivity (Wildman–Crippen MR) is 108 cm³/mol. The SMILES string of the molecule is CSc1nccc(-c2c(-c3ccc(C)cc3)c(=O)n3n2CCC[C@H]3C(=O)O)n1. The Bertz CT molecular complexity index is 1100. The summed E-state index contributed by atoms with van der Waals surface area (Å²) in [5.74, 6) is -0.991. The Hall–Kier alpha value is -2.87. The van der Waals surface area contributed by atoms with Crippen LogP contribution in [-0.2, 0) is 11.3 Å². The number of hydrogen-bond acceptors (Lipinski definition) is 5. The van der Waals surface area contributed by atoms with Gasteiger partial charge in [-0.1, -0.05) is 41.6 Å². The number of carboxylic acids is 1. The number of thioether (sulfide) groups is 1. The molecule has 1 aliphatic rings. The first-order chi connectivity index (χ1) is 13.5. The van der Waals surface area contributed by atoms with Crippen molar-refractivity contribution in [1.82, 2.24) is 19.3 Å². The normalized spacial score (nSPS) is 16.0. The lowest BCUT2D eigenvalue weighted by Crippen LogP contribution is -2.36. The van der Waals surface area contributed by atoms with E-state index in [4.69, 9.17) is 0 Å². The Morgan fingerprint density at radius 3 is 2.68 bits per heavy atom. The summed E-state index contributed by atoms with van der Waals surface area (Å²) in [5.41, 5.74) is 3.31. The van der Waals surface area contributed by atoms with Gasteiger partial charge < -0.3 is 5.11 Å². The van der Waals surface area contributed by atoms with Gasteiger partial charge in [-0.25, -0.2) is 19.4 Å². The second-order valence-corrected chi connectivity index (χ2v) is 7.56. The minimum absolute atomic E-state index is 0.296. The van der Waals surface area contributed by atoms with Crippen molar-refractivity contribution >= 4 is 17.7 Å². The highest BCUT2D eigenvalue weighted by Gasteiger charge is 2.33. The molecule has 1 atom stereocenters. The van der Waals surface area contributed by atoms with Crippen molar-refractivity contribution in [2.45, 2.75) is 37.5 Å². The van der Waals surface area contributed by atoms with E-state index in [1.165, 1.54) is 16.4 Å². The number of aromatic nitrogens is 4. The molecule has 1 N–H and O–H groups in total. The predicted octanol–water partition coefficient (Wildman–Crippen LogP) is 3.22. The van der Waals surface area contributed by atoms with Crippen molar-refractivity contribution in [3.8, 4) is 22.5 Å². The number of aryl methyl sites for hydroxylation is 1. The topological polar surface area (TPSA) is 90.0 Å². The van der Waals surface area contributed by atoms with Crippen LogP contribution in [0.15, 0.2) is 46.5 Å². The first kappa shape index (κ1) is 18.5. The van der Waals surface area contributed by atoms with E-state index in [0.717, 1.165) is 11.1 Å². The van der Waals surface area contributed by atoms with Gasteiger partial charge in [-0.2, -0.15) is 0 Å². The molecule has 0 saturated carbocycles. The highest BCUT2D eigenvalue weighted by Crippen LogP contribution is 2.34. The van der Waals surface area contributed by atoms with Crippen molar-refractivity contribution in [3.63, 3.8) is 0 Å². The second kappa shape index (κ2) is 7.27. The van der Waals surface area contributed by atoms with Crippen LogP contribution in [0.4, 0.5) is 0 Å². The summed E-state index contributed by atoms with van der Waals surface area (Å²) < 4.78 is 3.17. The summed E-state index contributed by atoms with van der Waals surface area (Å²) in [7, 11) is 0. The molecule has 0 saturated heterocycles. The van der Waals surface area contributed by atoms with E-state index >= 15 is 0 Å². The number of fused-ring (bicyclic) bond motifs is 1. The number of nitrogens with zero attached hydrogens (tertiary/aromatic N) is 4. The molecule has 0 radical (unpaired) electrons. The molecule has 8 heteroatoms. The molecule has 3 heterocycles. The van der Waals surface area contributed by atoms with E-state index in [1.807, 2.05) is 37.4 Å². The molecule has 0 bridgehead atoms. The third kappa shape index (κ3) is 3.03. The lowest BCUT2D eigenvalue weighted by Gasteiger charge is -2.25. The van der Waals surface area contributed by atoms with Gasteiger partial charge >= 0.3 is 5.97 Å². The molecule has 1 aromatic carbocycles. The quantitative estimate of drug-likeness (QED) is 0.538. The largest absolute Gasteiger partial charge is 0.480 e. The van der Waals surface area contributed by atoms with Gasteiger partial charge in [-0.15, -0.1) is 0 Å². The van der Waals surface area contributed by atoms with Crippen molar-refractivity contribution < 1.29 is 9.90 Å². The minimum atomic E-state index is -0.991. The van der Waals surface area contributed by atoms with E-state index in [1.54, 1.807) is 16.9 Å². The van der Waals surface area contributed by atoms with E-state index in [2.05, 4.69) is 9.97 Å². The van der Waals surface area contributed by atoms with Gasteiger partial charge in [0.1, 0.15) is 0 Å². The maximum Gasteiger partial charge on any atom is 0.328 e. The monoisotopic (exact) mass is 396 g/mol. The fourth-order valence-corrected chi connectivity index (χ4v) is 4.04. The average molecular weight is 396 g/mol. The number of rotatable bonds is 4. The molecule has 3 aromatic rings. The van der Waals surface area contributed by atoms with Gasteiger partial charge in [-0.3, -0.25) is 9.48 Å². The fourth-order valence-electron chi connectivity index (χ4n) is 3.69. The average Bonchev–Trinajstić information content (AvgIpc) is 3.01. The van der Waals surface area contributed by atoms with Gasteiger partial charge in [-0.05, 0) is 37.7 Å². The van der Waals surface area contributed by atoms with Gasteiger partial charge in [0.15, 0.2) is 11.2 Å². The van der Waals surface area contributed by atoms with E-state index in [0.29, 0.717) is 41.5 Å². The molecule has 0 amide bonds. The van der Waals surface area contributed by atoms with E-state index < -0.39 is 12.0 Å². The first-order valence-corrected chi connectivity index (χ1v) is 10.3. The van der Waals surface area contributed by atoms with Crippen molar-refractivity contribution in [2.24, 2.45) is 0 Å². The zero-order chi connectivity index (χ0) is 19.8. The van der Waals surface area contributed by atoms with Gasteiger partial charge in [0.05, 0.1) is 17.0 Å². The summed E-state index contributed by atoms with van der Waals surface area (Å²) in [6.45, 7) is 2.55. The maximum atomic E-state index is 13.4. The summed E-state index contributed by atoms with van der Waals surface area (Å²) in [4.78, 5) is 34.0. The zero-order valence-electron chi connectivity index (χ0n) is 15.6. The number of carboxylic acid groups (broad SMARTS) is 1. The van der Waals surface area contributed by atoms with Crippen LogP contribution in [0.2, 0.25) is 0 Å². The molecule has 2 aromatic heterocycles. The Morgan fingerprint density at radius 1 is 1.25 bits per heavy atom. The Balaban J connectivity index is 2.05. The molecule has 0 fully saturated rings. The molecule has 4 rings (SSSR count). The number of hydrogen-bond donors (Lipinski definition) is 1. The van der Waals surface area contributed by atoms with Crippen LogP contribution in [0.3, 0.4) is 0 Å². The number of aliphatic carboxylic acids is 1. The van der Waals surface area contributed by atoms with E-state index in [-0.39, 0.29) is 5.56 Å². The third-order valence-electron chi connectivity index (χ3n) is 5.00. The van der Waals surface area contributed by atoms with Gasteiger partial charge in [0.25, 0.3) is 5.56 Å². The molecule has 0 unspecified atom stereocenters. The lowest BCUT2D eigenvalue weighted by atomic mass is 10.0. The second-order valence-electron chi connectivity index (χ2n) is 6.79. The molecular formula is C20H20N4O3S. The summed E-state index contributed by atoms with van der Waals surface area (Å²) in [6.07, 6.45) is 4.68. The van der Waals surface area contributed by atoms with Crippen LogP contribution in [0, 0.1) is 6.92 Å². The van der Waals surface area contributed by atoms with Crippen molar-refractivity contribution in [2.75, 3.05) is 6.26 Å². The summed E-state index contributed by atoms with van der Waals surface area (Å²) >= 11 is 1.42. The Kier molecular flexibility index (Phi) is 4.80. The minimum Gasteiger partial charge on any atom is -0.480 e. The van der Waals surface area contributed by atoms with Crippen LogP contribution in [0.25, 0.3) is 22.5 Å². The van der Waals surface area contributed by atoms with Crippen LogP contribution in [-0.4, -0.2) is 36.7 Å². The molecule has 0 aliphatic carbocycles. The van der Waals surface area contributed by atoms with Crippen molar-refractivity contribution in [1.29, 1.82) is 0 Å². The molecule has 28 heavy (non-hydrogen) atoms. The number of benzene rings is 1. The van der Waals surface area contributed by atoms with Gasteiger partial charge in [0.2, 0.25) is 0 Å². The van der Waals surface area contributed by atoms with Crippen molar-refractivity contribution in [3.05, 3.63) is 52.4 Å². The molecule has 1 aliphatic heterocycles. The smallest absolute Gasteiger partial charge is 0.328 e. The third-order valence-corrected chi connectivity index (χ3v) is 5.57. The molecule has 0 spiro atoms. The summed E-state index contributed by atoms with van der Waals surface area (Å²) in [6, 6.07) is 8.58. The van der Waals surface area contributed by atoms with Crippen LogP contribution < -0.4 is 5.56 Å². The van der Waals surface area contributed by atoms with Gasteiger partial charge in [0, 0.05) is 12.7 Å². The Labute approximate surface area is 166 Å². The van der Waals surface area contributed by atoms with Crippen LogP contribution >= 0.6 is 11.8 Å². The molecular weight excluding hydrogens is 376 g/mol. The van der Waals surface area contributed by atoms with Crippen LogP contribution in [0.5, 0.6) is 0 Å². The Morgan fingerprint density at radius 2 is 2.00 bits per heavy atom. The summed E-state index contributed by atoms with van der Waals surface area (Å²) in [5, 5.41) is 10.3. The lowest BCUT2D eigenvalue weighted by molar-refractivity contribution is -0.142. The molecule has 7 nitrogen and oxygen atoms in total. The standard InChI is InChI=1S/C20H20N4O3S/c1-12-5-7-13(8-6-12)16-17(14-9-10-21-20(22-14)28-2)23-11-3-4-15(19(26)27)24(23)18(16)25/h5-10,15H,3-4,11H2,1-2H3,(H,26,27)/t15-/m0/s1. The maximum absolute atomic E-state index is 13.4. The first-order valence-electron chi connectivity index (χ1n) is 9.04. The highest BCUT2D eigenvalue weighted by molar-refractivity contribution is 7.98. The fraction of sp³-hybridized carbons (Fsp3) is 0.300. The van der Waals surface area contributed by atoms with Crippen LogP contribution in [0.1, 0.15) is 24.4 Å². The highest BCUT2D eigenvalue weighted by atomic mass is 32.2. The molecule has 144 valence electrons. The van der Waals surface area contributed by atoms with E-state index in [9.17, 15) is 14.7 Å². The zero-order valence-corrected chi connectivity index (χ0v) is 16.4. The number of carbonyl (C=O) groups is 1.